The van der Waals surface area contributed by atoms with E-state index in [1.807, 2.05) is 0 Å². The van der Waals surface area contributed by atoms with E-state index in [2.05, 4.69) is 242 Å². The Kier molecular flexibility index (Phi) is 9.49. The van der Waals surface area contributed by atoms with Gasteiger partial charge in [-0.25, -0.2) is 0 Å². The molecule has 10 aromatic carbocycles. The highest BCUT2D eigenvalue weighted by Gasteiger charge is 2.42. The minimum atomic E-state index is -0.121. The van der Waals surface area contributed by atoms with Crippen LogP contribution in [0.2, 0.25) is 0 Å². The zero-order chi connectivity index (χ0) is 43.5. The van der Waals surface area contributed by atoms with Crippen molar-refractivity contribution in [1.82, 2.24) is 4.57 Å². The van der Waals surface area contributed by atoms with E-state index in [-0.39, 0.29) is 5.41 Å². The Balaban J connectivity index is 0.992. The molecule has 0 fully saturated rings. The number of para-hydroxylation sites is 2. The summed E-state index contributed by atoms with van der Waals surface area (Å²) >= 11 is 0. The second kappa shape index (κ2) is 15.8. The lowest BCUT2D eigenvalue weighted by atomic mass is 9.71. The summed E-state index contributed by atoms with van der Waals surface area (Å²) in [6, 6.07) is 81.4. The van der Waals surface area contributed by atoms with Crippen LogP contribution in [0.15, 0.2) is 218 Å². The molecule has 0 saturated carbocycles. The van der Waals surface area contributed by atoms with E-state index in [1.54, 1.807) is 0 Å². The average molecular weight is 835 g/mol. The van der Waals surface area contributed by atoms with Crippen molar-refractivity contribution in [3.8, 4) is 39.1 Å². The van der Waals surface area contributed by atoms with Gasteiger partial charge in [-0.05, 0) is 152 Å². The van der Waals surface area contributed by atoms with Crippen LogP contribution in [0.1, 0.15) is 50.7 Å². The summed E-state index contributed by atoms with van der Waals surface area (Å²) in [5, 5.41) is 7.61. The van der Waals surface area contributed by atoms with E-state index in [9.17, 15) is 0 Å². The van der Waals surface area contributed by atoms with Gasteiger partial charge in [0.15, 0.2) is 0 Å². The van der Waals surface area contributed by atoms with Crippen molar-refractivity contribution in [2.75, 3.05) is 4.90 Å². The van der Waals surface area contributed by atoms with E-state index in [1.165, 1.54) is 99.2 Å². The third kappa shape index (κ3) is 6.47. The van der Waals surface area contributed by atoms with Gasteiger partial charge in [0.25, 0.3) is 0 Å². The highest BCUT2D eigenvalue weighted by atomic mass is 15.1. The van der Waals surface area contributed by atoms with Gasteiger partial charge in [-0.3, -0.25) is 0 Å². The molecule has 0 amide bonds. The summed E-state index contributed by atoms with van der Waals surface area (Å²) in [6.45, 7) is 4.71. The molecule has 0 N–H and O–H groups in total. The summed E-state index contributed by atoms with van der Waals surface area (Å²) < 4.78 is 2.48. The number of rotatable bonds is 10. The lowest BCUT2D eigenvalue weighted by molar-refractivity contribution is 0.436. The fourth-order valence-corrected chi connectivity index (χ4v) is 11.3. The molecule has 2 heteroatoms. The number of hydrogen-bond acceptors (Lipinski definition) is 1. The first kappa shape index (κ1) is 39.0. The predicted octanol–water partition coefficient (Wildman–Crippen LogP) is 17.8. The van der Waals surface area contributed by atoms with Crippen molar-refractivity contribution in [2.24, 2.45) is 0 Å². The van der Waals surface area contributed by atoms with Crippen LogP contribution >= 0.6 is 0 Å². The fraction of sp³-hybridized carbons (Fsp3) is 0.111. The minimum Gasteiger partial charge on any atom is -0.310 e. The zero-order valence-corrected chi connectivity index (χ0v) is 37.0. The molecule has 0 unspecified atom stereocenters. The maximum atomic E-state index is 2.54. The van der Waals surface area contributed by atoms with E-state index in [4.69, 9.17) is 0 Å². The Morgan fingerprint density at radius 2 is 0.800 bits per heavy atom. The third-order valence-corrected chi connectivity index (χ3v) is 14.2. The predicted molar refractivity (Wildman–Crippen MR) is 277 cm³/mol. The molecular formula is C63H50N2. The van der Waals surface area contributed by atoms with Crippen LogP contribution in [0, 0.1) is 0 Å². The minimum absolute atomic E-state index is 0.121. The molecule has 0 bridgehead atoms. The summed E-state index contributed by atoms with van der Waals surface area (Å²) in [5.41, 5.74) is 17.5. The van der Waals surface area contributed by atoms with Crippen molar-refractivity contribution in [1.29, 1.82) is 0 Å². The summed E-state index contributed by atoms with van der Waals surface area (Å²) in [7, 11) is 0. The van der Waals surface area contributed by atoms with Gasteiger partial charge >= 0.3 is 0 Å². The number of benzene rings is 10. The maximum absolute atomic E-state index is 2.54. The first-order valence-electron chi connectivity index (χ1n) is 23.4. The van der Waals surface area contributed by atoms with E-state index in [0.717, 1.165) is 37.1 Å². The highest BCUT2D eigenvalue weighted by molar-refractivity contribution is 6.09. The maximum Gasteiger partial charge on any atom is 0.0541 e. The average Bonchev–Trinajstić information content (AvgIpc) is 3.83. The highest BCUT2D eigenvalue weighted by Crippen LogP contribution is 2.56. The van der Waals surface area contributed by atoms with Gasteiger partial charge in [-0.1, -0.05) is 172 Å². The molecule has 12 rings (SSSR count). The molecule has 0 atom stereocenters. The monoisotopic (exact) mass is 834 g/mol. The number of anilines is 3. The Morgan fingerprint density at radius 1 is 0.369 bits per heavy atom. The van der Waals surface area contributed by atoms with E-state index in [0.29, 0.717) is 0 Å². The summed E-state index contributed by atoms with van der Waals surface area (Å²) in [6.07, 6.45) is 4.36. The molecule has 1 aromatic heterocycles. The van der Waals surface area contributed by atoms with Crippen LogP contribution in [0.3, 0.4) is 0 Å². The van der Waals surface area contributed by atoms with E-state index < -0.39 is 0 Å². The van der Waals surface area contributed by atoms with Crippen molar-refractivity contribution in [3.63, 3.8) is 0 Å². The first-order chi connectivity index (χ1) is 32.1. The molecule has 11 aromatic rings. The van der Waals surface area contributed by atoms with Crippen LogP contribution in [-0.4, -0.2) is 4.57 Å². The Labute approximate surface area is 381 Å². The normalized spacial score (nSPS) is 12.8. The second-order valence-corrected chi connectivity index (χ2v) is 18.0. The lowest BCUT2D eigenvalue weighted by Gasteiger charge is -2.33. The summed E-state index contributed by atoms with van der Waals surface area (Å²) in [5.74, 6) is 0. The molecule has 2 nitrogen and oxygen atoms in total. The van der Waals surface area contributed by atoms with Crippen LogP contribution in [0.25, 0.3) is 82.4 Å². The Hall–Kier alpha value is -7.68. The van der Waals surface area contributed by atoms with Gasteiger partial charge in [0, 0.05) is 38.9 Å². The van der Waals surface area contributed by atoms with Crippen LogP contribution in [-0.2, 0) is 5.41 Å². The molecular weight excluding hydrogens is 785 g/mol. The largest absolute Gasteiger partial charge is 0.310 e. The smallest absolute Gasteiger partial charge is 0.0541 e. The molecule has 1 aliphatic carbocycles. The standard InChI is InChI=1S/C63H50N2/c1-3-37-63(38-4-2)59-41-53(33-35-55(59)56-36-34-54(42-60(56)63)65-61-19-11-9-17-57(61)58-18-10-12-20-62(58)65)64(51-29-25-45(26-30-51)49-23-21-43-13-5-7-15-47(43)39-49)52-31-27-46(28-32-52)50-24-22-44-14-6-8-16-48(44)40-50/h5-36,39-42H,3-4,37-38H2,1-2H3. The quantitative estimate of drug-likeness (QED) is 0.133. The second-order valence-electron chi connectivity index (χ2n) is 18.0. The van der Waals surface area contributed by atoms with Crippen LogP contribution in [0.4, 0.5) is 17.1 Å². The number of fused-ring (bicyclic) bond motifs is 8. The topological polar surface area (TPSA) is 8.17 Å². The van der Waals surface area contributed by atoms with Gasteiger partial charge in [0.2, 0.25) is 0 Å². The van der Waals surface area contributed by atoms with Crippen molar-refractivity contribution >= 4 is 60.4 Å². The van der Waals surface area contributed by atoms with Gasteiger partial charge in [0.1, 0.15) is 0 Å². The molecule has 312 valence electrons. The SMILES string of the molecule is CCCC1(CCC)c2cc(N(c3ccc(-c4ccc5ccccc5c4)cc3)c3ccc(-c4ccc5ccccc5c4)cc3)ccc2-c2ccc(-n3c4ccccc4c4ccccc43)cc21. The van der Waals surface area contributed by atoms with E-state index >= 15 is 0 Å². The molecule has 1 aliphatic rings. The zero-order valence-electron chi connectivity index (χ0n) is 37.0. The molecule has 0 saturated heterocycles. The van der Waals surface area contributed by atoms with Gasteiger partial charge < -0.3 is 9.47 Å². The van der Waals surface area contributed by atoms with Gasteiger partial charge in [-0.2, -0.15) is 0 Å². The summed E-state index contributed by atoms with van der Waals surface area (Å²) in [4.78, 5) is 2.46. The van der Waals surface area contributed by atoms with Crippen LogP contribution < -0.4 is 4.90 Å². The third-order valence-electron chi connectivity index (χ3n) is 14.2. The molecule has 0 spiro atoms. The van der Waals surface area contributed by atoms with Crippen molar-refractivity contribution in [2.45, 2.75) is 44.9 Å². The van der Waals surface area contributed by atoms with Gasteiger partial charge in [-0.15, -0.1) is 0 Å². The molecule has 65 heavy (non-hydrogen) atoms. The Bertz CT molecular complexity index is 3390. The fourth-order valence-electron chi connectivity index (χ4n) is 11.3. The molecule has 1 heterocycles. The van der Waals surface area contributed by atoms with Crippen molar-refractivity contribution in [3.05, 3.63) is 230 Å². The van der Waals surface area contributed by atoms with Crippen molar-refractivity contribution < 1.29 is 0 Å². The Morgan fingerprint density at radius 3 is 1.32 bits per heavy atom. The molecule has 0 radical (unpaired) electrons. The number of aromatic nitrogens is 1. The number of nitrogens with zero attached hydrogens (tertiary/aromatic N) is 2. The first-order valence-corrected chi connectivity index (χ1v) is 23.4. The lowest BCUT2D eigenvalue weighted by Crippen LogP contribution is -2.25. The van der Waals surface area contributed by atoms with Crippen LogP contribution in [0.5, 0.6) is 0 Å². The number of hydrogen-bond donors (Lipinski definition) is 0. The van der Waals surface area contributed by atoms with Gasteiger partial charge in [0.05, 0.1) is 11.0 Å². The molecule has 0 aliphatic heterocycles.